The molecule has 2 fully saturated rings. The molecule has 0 saturated heterocycles. The predicted molar refractivity (Wildman–Crippen MR) is 86.4 cm³/mol. The first-order valence-corrected chi connectivity index (χ1v) is 8.82. The van der Waals surface area contributed by atoms with Crippen LogP contribution in [0.15, 0.2) is 0 Å². The van der Waals surface area contributed by atoms with Crippen molar-refractivity contribution in [3.8, 4) is 0 Å². The molecule has 2 aliphatic rings. The van der Waals surface area contributed by atoms with Crippen LogP contribution in [0.4, 0.5) is 0 Å². The fraction of sp³-hybridized carbons (Fsp3) is 0.889. The Morgan fingerprint density at radius 1 is 0.909 bits per heavy atom. The molecule has 22 heavy (non-hydrogen) atoms. The van der Waals surface area contributed by atoms with Crippen LogP contribution in [0.1, 0.15) is 72.1 Å². The minimum absolute atomic E-state index is 0.0122. The second kappa shape index (κ2) is 7.01. The summed E-state index contributed by atoms with van der Waals surface area (Å²) in [5.74, 6) is -0.247. The molecule has 2 aliphatic carbocycles. The number of amides is 1. The quantitative estimate of drug-likeness (QED) is 0.837. The molecule has 2 atom stereocenters. The first-order chi connectivity index (χ1) is 10.3. The highest BCUT2D eigenvalue weighted by molar-refractivity contribution is 5.79. The van der Waals surface area contributed by atoms with E-state index in [1.54, 1.807) is 0 Å². The Morgan fingerprint density at radius 3 is 2.00 bits per heavy atom. The van der Waals surface area contributed by atoms with Crippen molar-refractivity contribution in [2.45, 2.75) is 78.2 Å². The Kier molecular flexibility index (Phi) is 5.51. The van der Waals surface area contributed by atoms with Gasteiger partial charge in [0.1, 0.15) is 0 Å². The van der Waals surface area contributed by atoms with Gasteiger partial charge in [0, 0.05) is 12.0 Å². The summed E-state index contributed by atoms with van der Waals surface area (Å²) in [6.07, 6.45) is 7.45. The highest BCUT2D eigenvalue weighted by atomic mass is 16.4. The van der Waals surface area contributed by atoms with E-state index in [4.69, 9.17) is 5.11 Å². The summed E-state index contributed by atoms with van der Waals surface area (Å²) in [6.45, 7) is 6.79. The van der Waals surface area contributed by atoms with E-state index in [1.807, 2.05) is 0 Å². The van der Waals surface area contributed by atoms with Crippen LogP contribution in [0, 0.1) is 23.2 Å². The maximum absolute atomic E-state index is 12.6. The zero-order valence-electron chi connectivity index (χ0n) is 14.2. The van der Waals surface area contributed by atoms with E-state index >= 15 is 0 Å². The summed E-state index contributed by atoms with van der Waals surface area (Å²) >= 11 is 0. The lowest BCUT2D eigenvalue weighted by atomic mass is 9.69. The summed E-state index contributed by atoms with van der Waals surface area (Å²) in [6, 6.07) is 0.290. The van der Waals surface area contributed by atoms with Gasteiger partial charge < -0.3 is 10.4 Å². The lowest BCUT2D eigenvalue weighted by Gasteiger charge is -2.41. The molecule has 2 N–H and O–H groups in total. The first kappa shape index (κ1) is 17.3. The van der Waals surface area contributed by atoms with Crippen LogP contribution >= 0.6 is 0 Å². The molecule has 2 rings (SSSR count). The van der Waals surface area contributed by atoms with Gasteiger partial charge in [-0.25, -0.2) is 0 Å². The van der Waals surface area contributed by atoms with Gasteiger partial charge in [0.25, 0.3) is 0 Å². The molecule has 0 aromatic carbocycles. The molecular formula is C18H31NO3. The second-order valence-electron chi connectivity index (χ2n) is 8.26. The average Bonchev–Trinajstić information content (AvgIpc) is 2.46. The number of nitrogens with one attached hydrogen (secondary N) is 1. The van der Waals surface area contributed by atoms with Crippen molar-refractivity contribution in [1.82, 2.24) is 5.32 Å². The number of aliphatic carboxylic acids is 1. The van der Waals surface area contributed by atoms with Crippen LogP contribution < -0.4 is 5.32 Å². The molecule has 0 aliphatic heterocycles. The number of rotatable bonds is 3. The largest absolute Gasteiger partial charge is 0.481 e. The molecule has 0 aromatic heterocycles. The van der Waals surface area contributed by atoms with Crippen molar-refractivity contribution in [3.05, 3.63) is 0 Å². The van der Waals surface area contributed by atoms with Gasteiger partial charge in [-0.3, -0.25) is 9.59 Å². The Balaban J connectivity index is 1.89. The van der Waals surface area contributed by atoms with Gasteiger partial charge in [-0.1, -0.05) is 33.6 Å². The third-order valence-electron chi connectivity index (χ3n) is 5.65. The number of hydrogen-bond acceptors (Lipinski definition) is 2. The van der Waals surface area contributed by atoms with Crippen molar-refractivity contribution in [2.24, 2.45) is 23.2 Å². The SMILES string of the molecule is CC(C)(C)C1CCCCC1NC(=O)C1CCC(C(=O)O)CC1. The van der Waals surface area contributed by atoms with Crippen molar-refractivity contribution in [1.29, 1.82) is 0 Å². The number of hydrogen-bond donors (Lipinski definition) is 2. The lowest BCUT2D eigenvalue weighted by Crippen LogP contribution is -2.48. The minimum Gasteiger partial charge on any atom is -0.481 e. The maximum atomic E-state index is 12.6. The normalized spacial score (nSPS) is 33.2. The number of carbonyl (C=O) groups is 2. The number of carboxylic acid groups (broad SMARTS) is 1. The molecule has 4 nitrogen and oxygen atoms in total. The predicted octanol–water partition coefficient (Wildman–Crippen LogP) is 3.60. The highest BCUT2D eigenvalue weighted by Crippen LogP contribution is 2.38. The fourth-order valence-electron chi connectivity index (χ4n) is 4.24. The molecule has 0 spiro atoms. The van der Waals surface area contributed by atoms with Gasteiger partial charge in [0.05, 0.1) is 5.92 Å². The first-order valence-electron chi connectivity index (χ1n) is 8.82. The molecular weight excluding hydrogens is 278 g/mol. The average molecular weight is 309 g/mol. The summed E-state index contributed by atoms with van der Waals surface area (Å²) in [5, 5.41) is 12.4. The van der Waals surface area contributed by atoms with Crippen molar-refractivity contribution in [3.63, 3.8) is 0 Å². The molecule has 126 valence electrons. The third-order valence-corrected chi connectivity index (χ3v) is 5.65. The van der Waals surface area contributed by atoms with E-state index in [-0.39, 0.29) is 23.2 Å². The van der Waals surface area contributed by atoms with E-state index < -0.39 is 5.97 Å². The number of carboxylic acids is 1. The van der Waals surface area contributed by atoms with Gasteiger partial charge in [-0.15, -0.1) is 0 Å². The van der Waals surface area contributed by atoms with Gasteiger partial charge in [0.2, 0.25) is 5.91 Å². The highest BCUT2D eigenvalue weighted by Gasteiger charge is 2.37. The monoisotopic (exact) mass is 309 g/mol. The minimum atomic E-state index is -0.709. The van der Waals surface area contributed by atoms with Crippen LogP contribution in [0.2, 0.25) is 0 Å². The summed E-state index contributed by atoms with van der Waals surface area (Å²) in [5.41, 5.74) is 0.222. The van der Waals surface area contributed by atoms with Crippen LogP contribution in [-0.2, 0) is 9.59 Å². The van der Waals surface area contributed by atoms with Crippen molar-refractivity contribution >= 4 is 11.9 Å². The molecule has 0 radical (unpaired) electrons. The fourth-order valence-corrected chi connectivity index (χ4v) is 4.24. The summed E-state index contributed by atoms with van der Waals surface area (Å²) < 4.78 is 0. The number of carbonyl (C=O) groups excluding carboxylic acids is 1. The topological polar surface area (TPSA) is 66.4 Å². The Bertz CT molecular complexity index is 405. The molecule has 1 amide bonds. The Labute approximate surface area is 134 Å². The Morgan fingerprint density at radius 2 is 1.45 bits per heavy atom. The van der Waals surface area contributed by atoms with Gasteiger partial charge in [-0.2, -0.15) is 0 Å². The summed E-state index contributed by atoms with van der Waals surface area (Å²) in [4.78, 5) is 23.6. The molecule has 2 unspecified atom stereocenters. The van der Waals surface area contributed by atoms with Crippen molar-refractivity contribution in [2.75, 3.05) is 0 Å². The smallest absolute Gasteiger partial charge is 0.306 e. The van der Waals surface area contributed by atoms with E-state index in [9.17, 15) is 9.59 Å². The zero-order chi connectivity index (χ0) is 16.3. The Hall–Kier alpha value is -1.06. The van der Waals surface area contributed by atoms with E-state index in [1.165, 1.54) is 19.3 Å². The van der Waals surface area contributed by atoms with E-state index in [2.05, 4.69) is 26.1 Å². The standard InChI is InChI=1S/C18H31NO3/c1-18(2,3)14-6-4-5-7-15(14)19-16(20)12-8-10-13(11-9-12)17(21)22/h12-15H,4-11H2,1-3H3,(H,19,20)(H,21,22). The van der Waals surface area contributed by atoms with Crippen LogP contribution in [-0.4, -0.2) is 23.0 Å². The van der Waals surface area contributed by atoms with Crippen LogP contribution in [0.25, 0.3) is 0 Å². The second-order valence-corrected chi connectivity index (χ2v) is 8.26. The van der Waals surface area contributed by atoms with E-state index in [0.29, 0.717) is 24.8 Å². The van der Waals surface area contributed by atoms with Gasteiger partial charge in [0.15, 0.2) is 0 Å². The van der Waals surface area contributed by atoms with Crippen molar-refractivity contribution < 1.29 is 14.7 Å². The van der Waals surface area contributed by atoms with E-state index in [0.717, 1.165) is 19.3 Å². The van der Waals surface area contributed by atoms with Gasteiger partial charge in [-0.05, 0) is 49.9 Å². The molecule has 0 aromatic rings. The molecule has 2 saturated carbocycles. The van der Waals surface area contributed by atoms with Gasteiger partial charge >= 0.3 is 5.97 Å². The maximum Gasteiger partial charge on any atom is 0.306 e. The summed E-state index contributed by atoms with van der Waals surface area (Å²) in [7, 11) is 0. The third kappa shape index (κ3) is 4.23. The van der Waals surface area contributed by atoms with Crippen LogP contribution in [0.5, 0.6) is 0 Å². The zero-order valence-corrected chi connectivity index (χ0v) is 14.2. The molecule has 0 heterocycles. The lowest BCUT2D eigenvalue weighted by molar-refractivity contribution is -0.144. The molecule has 4 heteroatoms. The molecule has 0 bridgehead atoms. The van der Waals surface area contributed by atoms with Crippen LogP contribution in [0.3, 0.4) is 0 Å².